The van der Waals surface area contributed by atoms with Crippen molar-refractivity contribution >= 4 is 44.5 Å². The lowest BCUT2D eigenvalue weighted by atomic mass is 10.1. The van der Waals surface area contributed by atoms with Crippen molar-refractivity contribution in [3.63, 3.8) is 0 Å². The zero-order valence-electron chi connectivity index (χ0n) is 17.8. The van der Waals surface area contributed by atoms with Gasteiger partial charge < -0.3 is 9.73 Å². The Morgan fingerprint density at radius 2 is 1.90 bits per heavy atom. The predicted octanol–water partition coefficient (Wildman–Crippen LogP) is 2.79. The summed E-state index contributed by atoms with van der Waals surface area (Å²) in [4.78, 5) is 24.5. The molecule has 0 aliphatic carbocycles. The van der Waals surface area contributed by atoms with Crippen molar-refractivity contribution in [2.24, 2.45) is 7.05 Å². The summed E-state index contributed by atoms with van der Waals surface area (Å²) in [5.41, 5.74) is 3.37. The molecule has 3 rings (SSSR count). The van der Waals surface area contributed by atoms with Crippen LogP contribution in [-0.2, 0) is 21.9 Å². The summed E-state index contributed by atoms with van der Waals surface area (Å²) in [6.07, 6.45) is 2.21. The highest BCUT2D eigenvalue weighted by molar-refractivity contribution is 7.98. The number of carbonyl (C=O) groups excluding carboxylic acids is 1. The number of carbonyl (C=O) groups is 1. The molecule has 0 saturated carbocycles. The number of sulfonamides is 1. The fourth-order valence-corrected chi connectivity index (χ4v) is 4.78. The van der Waals surface area contributed by atoms with Crippen molar-refractivity contribution in [2.45, 2.75) is 31.2 Å². The first-order valence-corrected chi connectivity index (χ1v) is 12.5. The van der Waals surface area contributed by atoms with Gasteiger partial charge in [0.2, 0.25) is 15.9 Å². The van der Waals surface area contributed by atoms with Crippen LogP contribution in [0, 0.1) is 13.8 Å². The number of rotatable bonds is 8. The van der Waals surface area contributed by atoms with E-state index in [9.17, 15) is 18.0 Å². The molecule has 1 heterocycles. The Hall–Kier alpha value is -2.56. The maximum Gasteiger partial charge on any atom is 0.419 e. The summed E-state index contributed by atoms with van der Waals surface area (Å²) in [6.45, 7) is 3.92. The first-order valence-electron chi connectivity index (χ1n) is 9.61. The fraction of sp³-hybridized carbons (Fsp3) is 0.333. The van der Waals surface area contributed by atoms with Crippen LogP contribution >= 0.6 is 11.8 Å². The van der Waals surface area contributed by atoms with Crippen molar-refractivity contribution < 1.29 is 17.6 Å². The van der Waals surface area contributed by atoms with Crippen LogP contribution in [0.25, 0.3) is 11.1 Å². The van der Waals surface area contributed by atoms with Crippen LogP contribution in [0.2, 0.25) is 0 Å². The molecule has 0 aliphatic heterocycles. The third-order valence-corrected chi connectivity index (χ3v) is 7.19. The van der Waals surface area contributed by atoms with Crippen LogP contribution in [0.15, 0.2) is 50.5 Å². The molecule has 2 aromatic carbocycles. The van der Waals surface area contributed by atoms with Crippen molar-refractivity contribution in [3.8, 4) is 0 Å². The first-order chi connectivity index (χ1) is 14.6. The largest absolute Gasteiger partial charge is 0.419 e. The van der Waals surface area contributed by atoms with Crippen LogP contribution < -0.4 is 15.8 Å². The Morgan fingerprint density at radius 1 is 1.16 bits per heavy atom. The number of hydrogen-bond donors (Lipinski definition) is 2. The van der Waals surface area contributed by atoms with E-state index in [0.29, 0.717) is 23.4 Å². The average Bonchev–Trinajstić information content (AvgIpc) is 3.01. The summed E-state index contributed by atoms with van der Waals surface area (Å²) in [6, 6.07) is 8.73. The van der Waals surface area contributed by atoms with Gasteiger partial charge in [-0.05, 0) is 67.7 Å². The van der Waals surface area contributed by atoms with Crippen molar-refractivity contribution in [1.82, 2.24) is 9.29 Å². The van der Waals surface area contributed by atoms with Gasteiger partial charge in [0.05, 0.1) is 10.4 Å². The summed E-state index contributed by atoms with van der Waals surface area (Å²) in [7, 11) is -2.49. The highest BCUT2D eigenvalue weighted by atomic mass is 32.2. The molecule has 166 valence electrons. The van der Waals surface area contributed by atoms with Crippen LogP contribution in [0.4, 0.5) is 5.69 Å². The molecule has 8 nitrogen and oxygen atoms in total. The van der Waals surface area contributed by atoms with Crippen molar-refractivity contribution in [3.05, 3.63) is 58.1 Å². The molecule has 2 N–H and O–H groups in total. The Kier molecular flexibility index (Phi) is 6.93. The smallest absolute Gasteiger partial charge is 0.408 e. The standard InChI is InChI=1S/C21H25N3O5S2/c1-13-5-6-15(11-14(13)2)22-20(25)17(9-10-30-4)23-31(27,28)16-7-8-18-19(12-16)29-21(26)24(18)3/h5-8,11-12,17,23H,9-10H2,1-4H3,(H,22,25)/t17-/m1/s1. The van der Waals surface area contributed by atoms with E-state index in [1.807, 2.05) is 32.2 Å². The minimum atomic E-state index is -4.03. The summed E-state index contributed by atoms with van der Waals surface area (Å²) in [5, 5.41) is 2.80. The highest BCUT2D eigenvalue weighted by Gasteiger charge is 2.26. The molecule has 0 radical (unpaired) electrons. The van der Waals surface area contributed by atoms with Gasteiger partial charge in [-0.1, -0.05) is 6.07 Å². The Balaban J connectivity index is 1.85. The Labute approximate surface area is 185 Å². The van der Waals surface area contributed by atoms with Crippen molar-refractivity contribution in [1.29, 1.82) is 0 Å². The zero-order valence-corrected chi connectivity index (χ0v) is 19.4. The molecule has 0 bridgehead atoms. The molecular formula is C21H25N3O5S2. The number of oxazole rings is 1. The maximum absolute atomic E-state index is 13.0. The third-order valence-electron chi connectivity index (χ3n) is 5.07. The van der Waals surface area contributed by atoms with Gasteiger partial charge in [0, 0.05) is 18.8 Å². The molecule has 0 unspecified atom stereocenters. The highest BCUT2D eigenvalue weighted by Crippen LogP contribution is 2.20. The summed E-state index contributed by atoms with van der Waals surface area (Å²) in [5.74, 6) is -0.420. The molecule has 0 saturated heterocycles. The number of aromatic nitrogens is 1. The molecule has 1 amide bonds. The minimum absolute atomic E-state index is 0.0810. The van der Waals surface area contributed by atoms with Crippen LogP contribution in [0.5, 0.6) is 0 Å². The second-order valence-corrected chi connectivity index (χ2v) is 10.00. The van der Waals surface area contributed by atoms with E-state index in [0.717, 1.165) is 11.1 Å². The van der Waals surface area contributed by atoms with Crippen LogP contribution in [-0.4, -0.2) is 36.9 Å². The van der Waals surface area contributed by atoms with Gasteiger partial charge >= 0.3 is 5.76 Å². The molecular weight excluding hydrogens is 438 g/mol. The van der Waals surface area contributed by atoms with Crippen LogP contribution in [0.3, 0.4) is 0 Å². The summed E-state index contributed by atoms with van der Waals surface area (Å²) >= 11 is 1.52. The number of amides is 1. The summed E-state index contributed by atoms with van der Waals surface area (Å²) < 4.78 is 34.8. The lowest BCUT2D eigenvalue weighted by Crippen LogP contribution is -2.44. The van der Waals surface area contributed by atoms with Crippen molar-refractivity contribution in [2.75, 3.05) is 17.3 Å². The first kappa shape index (κ1) is 23.1. The normalized spacial score (nSPS) is 12.8. The fourth-order valence-electron chi connectivity index (χ4n) is 3.06. The predicted molar refractivity (Wildman–Crippen MR) is 123 cm³/mol. The van der Waals surface area contributed by atoms with E-state index in [-0.39, 0.29) is 10.5 Å². The second-order valence-electron chi connectivity index (χ2n) is 7.30. The lowest BCUT2D eigenvalue weighted by Gasteiger charge is -2.18. The molecule has 31 heavy (non-hydrogen) atoms. The topological polar surface area (TPSA) is 110 Å². The van der Waals surface area contributed by atoms with Gasteiger partial charge in [-0.15, -0.1) is 0 Å². The number of hydrogen-bond acceptors (Lipinski definition) is 6. The van der Waals surface area contributed by atoms with Gasteiger partial charge in [-0.25, -0.2) is 13.2 Å². The molecule has 1 aromatic heterocycles. The quantitative estimate of drug-likeness (QED) is 0.532. The van der Waals surface area contributed by atoms with Gasteiger partial charge in [0.25, 0.3) is 0 Å². The van der Waals surface area contributed by atoms with E-state index < -0.39 is 27.7 Å². The van der Waals surface area contributed by atoms with Gasteiger partial charge in [0.1, 0.15) is 6.04 Å². The van der Waals surface area contributed by atoms with E-state index in [1.165, 1.54) is 41.6 Å². The third kappa shape index (κ3) is 5.20. The molecule has 3 aromatic rings. The number of thioether (sulfide) groups is 1. The number of anilines is 1. The number of aryl methyl sites for hydroxylation is 3. The molecule has 1 atom stereocenters. The monoisotopic (exact) mass is 463 g/mol. The number of nitrogens with zero attached hydrogens (tertiary/aromatic N) is 1. The second kappa shape index (κ2) is 9.29. The molecule has 0 spiro atoms. The average molecular weight is 464 g/mol. The van der Waals surface area contributed by atoms with E-state index >= 15 is 0 Å². The number of fused-ring (bicyclic) bond motifs is 1. The molecule has 0 fully saturated rings. The Bertz CT molecular complexity index is 1280. The van der Waals surface area contributed by atoms with E-state index in [4.69, 9.17) is 4.42 Å². The minimum Gasteiger partial charge on any atom is -0.408 e. The van der Waals surface area contributed by atoms with Gasteiger partial charge in [-0.3, -0.25) is 9.36 Å². The van der Waals surface area contributed by atoms with Gasteiger partial charge in [0.15, 0.2) is 5.58 Å². The lowest BCUT2D eigenvalue weighted by molar-refractivity contribution is -0.117. The number of benzene rings is 2. The van der Waals surface area contributed by atoms with Crippen LogP contribution in [0.1, 0.15) is 17.5 Å². The van der Waals surface area contributed by atoms with E-state index in [1.54, 1.807) is 6.07 Å². The maximum atomic E-state index is 13.0. The number of nitrogens with one attached hydrogen (secondary N) is 2. The molecule has 10 heteroatoms. The SMILES string of the molecule is CSCC[C@@H](NS(=O)(=O)c1ccc2c(c1)oc(=O)n2C)C(=O)Nc1ccc(C)c(C)c1. The molecule has 0 aliphatic rings. The van der Waals surface area contributed by atoms with Gasteiger partial charge in [-0.2, -0.15) is 16.5 Å². The zero-order chi connectivity index (χ0) is 22.8. The van der Waals surface area contributed by atoms with E-state index in [2.05, 4.69) is 10.0 Å². The Morgan fingerprint density at radius 3 is 2.58 bits per heavy atom.